The zero-order valence-corrected chi connectivity index (χ0v) is 16.1. The van der Waals surface area contributed by atoms with Crippen LogP contribution in [0.4, 0.5) is 5.82 Å². The maximum Gasteiger partial charge on any atom is 0.282 e. The fourth-order valence-corrected chi connectivity index (χ4v) is 5.18. The summed E-state index contributed by atoms with van der Waals surface area (Å²) in [6, 6.07) is 0.204. The first-order valence-electron chi connectivity index (χ1n) is 9.07. The molecule has 1 saturated heterocycles. The number of nitrogens with one attached hydrogen (secondary N) is 2. The predicted molar refractivity (Wildman–Crippen MR) is 97.5 cm³/mol. The summed E-state index contributed by atoms with van der Waals surface area (Å²) in [7, 11) is -1.62. The monoisotopic (exact) mass is 368 g/mol. The predicted octanol–water partition coefficient (Wildman–Crippen LogP) is 0.888. The fraction of sp³-hybridized carbons (Fsp3) is 0.750. The number of nitrogens with zero attached hydrogens (tertiary/aromatic N) is 4. The standard InChI is InChI=1S/C16H28N6O2S/c1-4-21(5-2)25(23,24)22-10-8-13-12(11-22)15(17-3)20-16(19-13)14-7-6-9-18-14/h14,18H,4-11H2,1-3H3,(H,17,19,20)/t14-/m0/s1. The van der Waals surface area contributed by atoms with Gasteiger partial charge in [0.1, 0.15) is 11.6 Å². The molecule has 0 bridgehead atoms. The Morgan fingerprint density at radius 3 is 2.68 bits per heavy atom. The van der Waals surface area contributed by atoms with Crippen molar-refractivity contribution in [3.05, 3.63) is 17.1 Å². The lowest BCUT2D eigenvalue weighted by Gasteiger charge is -2.32. The van der Waals surface area contributed by atoms with Crippen LogP contribution in [0, 0.1) is 0 Å². The van der Waals surface area contributed by atoms with Gasteiger partial charge >= 0.3 is 0 Å². The molecule has 140 valence electrons. The van der Waals surface area contributed by atoms with Crippen LogP contribution in [0.3, 0.4) is 0 Å². The zero-order chi connectivity index (χ0) is 18.0. The van der Waals surface area contributed by atoms with Crippen LogP contribution in [-0.2, 0) is 23.2 Å². The quantitative estimate of drug-likeness (QED) is 0.775. The van der Waals surface area contributed by atoms with Gasteiger partial charge in [-0.3, -0.25) is 0 Å². The second-order valence-electron chi connectivity index (χ2n) is 6.43. The molecular weight excluding hydrogens is 340 g/mol. The Morgan fingerprint density at radius 2 is 2.08 bits per heavy atom. The van der Waals surface area contributed by atoms with Crippen LogP contribution in [0.5, 0.6) is 0 Å². The fourth-order valence-electron chi connectivity index (χ4n) is 3.59. The van der Waals surface area contributed by atoms with E-state index in [0.717, 1.165) is 42.3 Å². The molecule has 0 aliphatic carbocycles. The smallest absolute Gasteiger partial charge is 0.282 e. The SMILES string of the molecule is CCN(CC)S(=O)(=O)N1CCc2nc([C@@H]3CCCN3)nc(NC)c2C1. The van der Waals surface area contributed by atoms with Gasteiger partial charge in [-0.05, 0) is 19.4 Å². The van der Waals surface area contributed by atoms with Crippen molar-refractivity contribution in [3.63, 3.8) is 0 Å². The summed E-state index contributed by atoms with van der Waals surface area (Å²) in [6.07, 6.45) is 2.80. The minimum atomic E-state index is -3.45. The maximum absolute atomic E-state index is 12.8. The van der Waals surface area contributed by atoms with E-state index in [1.165, 1.54) is 4.31 Å². The Bertz CT molecular complexity index is 696. The van der Waals surface area contributed by atoms with Crippen LogP contribution in [0.1, 0.15) is 49.8 Å². The van der Waals surface area contributed by atoms with Crippen LogP contribution in [-0.4, -0.2) is 60.2 Å². The van der Waals surface area contributed by atoms with E-state index in [-0.39, 0.29) is 6.04 Å². The molecule has 9 heteroatoms. The van der Waals surface area contributed by atoms with E-state index in [2.05, 4.69) is 15.6 Å². The van der Waals surface area contributed by atoms with Crippen molar-refractivity contribution in [2.24, 2.45) is 0 Å². The van der Waals surface area contributed by atoms with Crippen LogP contribution in [0.2, 0.25) is 0 Å². The Morgan fingerprint density at radius 1 is 1.32 bits per heavy atom. The van der Waals surface area contributed by atoms with Crippen molar-refractivity contribution in [2.75, 3.05) is 38.5 Å². The molecule has 0 radical (unpaired) electrons. The van der Waals surface area contributed by atoms with E-state index in [1.807, 2.05) is 20.9 Å². The zero-order valence-electron chi connectivity index (χ0n) is 15.2. The van der Waals surface area contributed by atoms with E-state index >= 15 is 0 Å². The van der Waals surface area contributed by atoms with Crippen LogP contribution in [0.15, 0.2) is 0 Å². The van der Waals surface area contributed by atoms with Gasteiger partial charge in [0.2, 0.25) is 0 Å². The maximum atomic E-state index is 12.8. The highest BCUT2D eigenvalue weighted by molar-refractivity contribution is 7.86. The van der Waals surface area contributed by atoms with Gasteiger partial charge in [0.25, 0.3) is 10.2 Å². The van der Waals surface area contributed by atoms with Gasteiger partial charge in [-0.1, -0.05) is 13.8 Å². The third-order valence-electron chi connectivity index (χ3n) is 5.01. The third-order valence-corrected chi connectivity index (χ3v) is 7.14. The summed E-state index contributed by atoms with van der Waals surface area (Å²) in [5.74, 6) is 1.56. The molecule has 2 N–H and O–H groups in total. The normalized spacial score (nSPS) is 21.5. The first-order chi connectivity index (χ1) is 12.0. The molecular formula is C16H28N6O2S. The summed E-state index contributed by atoms with van der Waals surface area (Å²) < 4.78 is 28.7. The molecule has 8 nitrogen and oxygen atoms in total. The Hall–Kier alpha value is -1.29. The second-order valence-corrected chi connectivity index (χ2v) is 8.36. The molecule has 1 aromatic rings. The summed E-state index contributed by atoms with van der Waals surface area (Å²) in [5.41, 5.74) is 1.86. The van der Waals surface area contributed by atoms with Gasteiger partial charge in [0.05, 0.1) is 11.7 Å². The molecule has 0 spiro atoms. The molecule has 0 amide bonds. The molecule has 1 fully saturated rings. The molecule has 2 aliphatic heterocycles. The summed E-state index contributed by atoms with van der Waals surface area (Å²) in [5, 5.41) is 6.56. The van der Waals surface area contributed by atoms with Crippen molar-refractivity contribution in [1.29, 1.82) is 0 Å². The van der Waals surface area contributed by atoms with Crippen molar-refractivity contribution in [1.82, 2.24) is 23.9 Å². The lowest BCUT2D eigenvalue weighted by molar-refractivity contribution is 0.333. The van der Waals surface area contributed by atoms with Gasteiger partial charge in [-0.15, -0.1) is 0 Å². The number of anilines is 1. The summed E-state index contributed by atoms with van der Waals surface area (Å²) in [6.45, 7) is 6.46. The van der Waals surface area contributed by atoms with Gasteiger partial charge in [0.15, 0.2) is 0 Å². The lowest BCUT2D eigenvalue weighted by Crippen LogP contribution is -2.46. The van der Waals surface area contributed by atoms with Gasteiger partial charge in [-0.25, -0.2) is 9.97 Å². The number of aromatic nitrogens is 2. The first kappa shape index (κ1) is 18.5. The van der Waals surface area contributed by atoms with Crippen molar-refractivity contribution < 1.29 is 8.42 Å². The molecule has 0 aromatic carbocycles. The molecule has 25 heavy (non-hydrogen) atoms. The van der Waals surface area contributed by atoms with Crippen LogP contribution < -0.4 is 10.6 Å². The van der Waals surface area contributed by atoms with E-state index in [4.69, 9.17) is 4.98 Å². The van der Waals surface area contributed by atoms with Crippen LogP contribution in [0.25, 0.3) is 0 Å². The Kier molecular flexibility index (Phi) is 5.57. The van der Waals surface area contributed by atoms with Crippen molar-refractivity contribution >= 4 is 16.0 Å². The largest absolute Gasteiger partial charge is 0.373 e. The number of hydrogen-bond donors (Lipinski definition) is 2. The topological polar surface area (TPSA) is 90.5 Å². The molecule has 3 heterocycles. The molecule has 2 aliphatic rings. The van der Waals surface area contributed by atoms with Crippen LogP contribution >= 0.6 is 0 Å². The van der Waals surface area contributed by atoms with E-state index < -0.39 is 10.2 Å². The average Bonchev–Trinajstić information content (AvgIpc) is 3.15. The van der Waals surface area contributed by atoms with E-state index in [1.54, 1.807) is 4.31 Å². The van der Waals surface area contributed by atoms with Gasteiger partial charge in [-0.2, -0.15) is 17.0 Å². The number of hydrogen-bond acceptors (Lipinski definition) is 6. The summed E-state index contributed by atoms with van der Waals surface area (Å²) in [4.78, 5) is 9.43. The molecule has 3 rings (SSSR count). The molecule has 1 aromatic heterocycles. The third kappa shape index (κ3) is 3.51. The van der Waals surface area contributed by atoms with E-state index in [0.29, 0.717) is 32.6 Å². The minimum Gasteiger partial charge on any atom is -0.373 e. The van der Waals surface area contributed by atoms with E-state index in [9.17, 15) is 8.42 Å². The first-order valence-corrected chi connectivity index (χ1v) is 10.5. The highest BCUT2D eigenvalue weighted by Gasteiger charge is 2.33. The minimum absolute atomic E-state index is 0.204. The average molecular weight is 369 g/mol. The van der Waals surface area contributed by atoms with Gasteiger partial charge < -0.3 is 10.6 Å². The van der Waals surface area contributed by atoms with Crippen molar-refractivity contribution in [3.8, 4) is 0 Å². The molecule has 0 unspecified atom stereocenters. The molecule has 0 saturated carbocycles. The Balaban J connectivity index is 1.90. The van der Waals surface area contributed by atoms with Gasteiger partial charge in [0, 0.05) is 45.2 Å². The number of rotatable bonds is 6. The highest BCUT2D eigenvalue weighted by atomic mass is 32.2. The highest BCUT2D eigenvalue weighted by Crippen LogP contribution is 2.29. The second kappa shape index (κ2) is 7.53. The number of fused-ring (bicyclic) bond motifs is 1. The Labute approximate surface area is 150 Å². The lowest BCUT2D eigenvalue weighted by atomic mass is 10.1. The summed E-state index contributed by atoms with van der Waals surface area (Å²) >= 11 is 0. The van der Waals surface area contributed by atoms with Crippen molar-refractivity contribution in [2.45, 2.75) is 45.7 Å². The molecule has 1 atom stereocenters.